The summed E-state index contributed by atoms with van der Waals surface area (Å²) in [5, 5.41) is 0. The number of nitrogens with two attached hydrogens (primary N) is 1. The molecule has 2 fully saturated rings. The van der Waals surface area contributed by atoms with E-state index in [2.05, 4.69) is 11.8 Å². The Labute approximate surface area is 119 Å². The zero-order valence-corrected chi connectivity index (χ0v) is 12.4. The van der Waals surface area contributed by atoms with E-state index in [0.717, 1.165) is 38.3 Å². The average molecular weight is 292 g/mol. The number of halogens is 3. The van der Waals surface area contributed by atoms with Crippen LogP contribution in [0.1, 0.15) is 51.9 Å². The van der Waals surface area contributed by atoms with E-state index < -0.39 is 17.6 Å². The Bertz CT molecular complexity index is 311. The minimum absolute atomic E-state index is 0.198. The number of likely N-dealkylation sites (tertiary alicyclic amines) is 1. The molecule has 2 atom stereocenters. The van der Waals surface area contributed by atoms with Crippen molar-refractivity contribution < 1.29 is 13.2 Å². The van der Waals surface area contributed by atoms with Crippen molar-refractivity contribution in [2.75, 3.05) is 19.6 Å². The summed E-state index contributed by atoms with van der Waals surface area (Å²) in [6.07, 6.45) is 1.27. The highest BCUT2D eigenvalue weighted by molar-refractivity contribution is 4.99. The van der Waals surface area contributed by atoms with Crippen LogP contribution in [0.15, 0.2) is 0 Å². The lowest BCUT2D eigenvalue weighted by Gasteiger charge is -2.50. The maximum absolute atomic E-state index is 13.0. The van der Waals surface area contributed by atoms with Gasteiger partial charge in [-0.05, 0) is 51.1 Å². The largest absolute Gasteiger partial charge is 0.391 e. The third-order valence-corrected chi connectivity index (χ3v) is 5.53. The molecule has 1 aliphatic heterocycles. The minimum Gasteiger partial charge on any atom is -0.329 e. The second kappa shape index (κ2) is 6.22. The van der Waals surface area contributed by atoms with Gasteiger partial charge in [-0.2, -0.15) is 13.2 Å². The van der Waals surface area contributed by atoms with Crippen LogP contribution in [0.4, 0.5) is 13.2 Å². The van der Waals surface area contributed by atoms with Gasteiger partial charge in [0.25, 0.3) is 0 Å². The van der Waals surface area contributed by atoms with Gasteiger partial charge >= 0.3 is 6.18 Å². The normalized spacial score (nSPS) is 34.4. The molecule has 2 aliphatic rings. The fraction of sp³-hybridized carbons (Fsp3) is 1.00. The van der Waals surface area contributed by atoms with Crippen molar-refractivity contribution in [3.8, 4) is 0 Å². The molecule has 1 aliphatic carbocycles. The summed E-state index contributed by atoms with van der Waals surface area (Å²) < 4.78 is 39.1. The molecule has 5 heteroatoms. The molecule has 0 aromatic carbocycles. The molecular formula is C15H27F3N2. The Hall–Kier alpha value is -0.290. The molecule has 1 heterocycles. The van der Waals surface area contributed by atoms with Crippen molar-refractivity contribution in [1.29, 1.82) is 0 Å². The predicted molar refractivity (Wildman–Crippen MR) is 74.4 cm³/mol. The van der Waals surface area contributed by atoms with Gasteiger partial charge in [-0.1, -0.05) is 19.8 Å². The first-order valence-corrected chi connectivity index (χ1v) is 7.93. The second-order valence-corrected chi connectivity index (χ2v) is 6.60. The molecule has 2 rings (SSSR count). The molecule has 2 unspecified atom stereocenters. The van der Waals surface area contributed by atoms with Gasteiger partial charge in [-0.25, -0.2) is 0 Å². The highest BCUT2D eigenvalue weighted by atomic mass is 19.4. The van der Waals surface area contributed by atoms with Crippen LogP contribution in [-0.4, -0.2) is 36.2 Å². The average Bonchev–Trinajstić information content (AvgIpc) is 2.46. The van der Waals surface area contributed by atoms with E-state index in [0.29, 0.717) is 13.0 Å². The Kier molecular flexibility index (Phi) is 5.00. The van der Waals surface area contributed by atoms with Gasteiger partial charge in [0.05, 0.1) is 5.92 Å². The number of hydrogen-bond donors (Lipinski definition) is 1. The van der Waals surface area contributed by atoms with Crippen LogP contribution in [0.25, 0.3) is 0 Å². The summed E-state index contributed by atoms with van der Waals surface area (Å²) in [5.74, 6) is -0.424. The fourth-order valence-corrected chi connectivity index (χ4v) is 4.04. The SMILES string of the molecule is CCC1CCN(C2(CN)CCCC(C(F)(F)F)C2)CC1. The first kappa shape index (κ1) is 16.1. The van der Waals surface area contributed by atoms with Crippen molar-refractivity contribution in [3.63, 3.8) is 0 Å². The minimum atomic E-state index is -4.07. The van der Waals surface area contributed by atoms with E-state index >= 15 is 0 Å². The topological polar surface area (TPSA) is 29.3 Å². The van der Waals surface area contributed by atoms with Crippen LogP contribution in [0.2, 0.25) is 0 Å². The van der Waals surface area contributed by atoms with Crippen LogP contribution in [0.5, 0.6) is 0 Å². The molecule has 2 nitrogen and oxygen atoms in total. The van der Waals surface area contributed by atoms with E-state index in [-0.39, 0.29) is 12.8 Å². The zero-order chi connectivity index (χ0) is 14.8. The maximum atomic E-state index is 13.0. The molecule has 20 heavy (non-hydrogen) atoms. The van der Waals surface area contributed by atoms with Crippen molar-refractivity contribution >= 4 is 0 Å². The van der Waals surface area contributed by atoms with Crippen LogP contribution in [0, 0.1) is 11.8 Å². The zero-order valence-electron chi connectivity index (χ0n) is 12.4. The number of rotatable bonds is 3. The van der Waals surface area contributed by atoms with E-state index in [1.165, 1.54) is 6.42 Å². The Morgan fingerprint density at radius 1 is 1.20 bits per heavy atom. The molecule has 0 bridgehead atoms. The highest BCUT2D eigenvalue weighted by Crippen LogP contribution is 2.44. The molecule has 1 saturated carbocycles. The summed E-state index contributed by atoms with van der Waals surface area (Å²) in [4.78, 5) is 2.27. The lowest BCUT2D eigenvalue weighted by Crippen LogP contribution is -2.59. The second-order valence-electron chi connectivity index (χ2n) is 6.60. The molecule has 2 N–H and O–H groups in total. The number of piperidine rings is 1. The lowest BCUT2D eigenvalue weighted by atomic mass is 9.73. The molecule has 0 radical (unpaired) electrons. The molecule has 0 amide bonds. The Morgan fingerprint density at radius 2 is 1.85 bits per heavy atom. The number of hydrogen-bond acceptors (Lipinski definition) is 2. The molecule has 1 saturated heterocycles. The predicted octanol–water partition coefficient (Wildman–Crippen LogP) is 3.56. The third-order valence-electron chi connectivity index (χ3n) is 5.53. The lowest BCUT2D eigenvalue weighted by molar-refractivity contribution is -0.194. The van der Waals surface area contributed by atoms with Crippen molar-refractivity contribution in [1.82, 2.24) is 4.90 Å². The summed E-state index contributed by atoms with van der Waals surface area (Å²) >= 11 is 0. The highest BCUT2D eigenvalue weighted by Gasteiger charge is 2.49. The van der Waals surface area contributed by atoms with E-state index in [9.17, 15) is 13.2 Å². The van der Waals surface area contributed by atoms with Crippen molar-refractivity contribution in [2.45, 2.75) is 63.6 Å². The summed E-state index contributed by atoms with van der Waals surface area (Å²) in [6.45, 7) is 4.39. The Morgan fingerprint density at radius 3 is 2.35 bits per heavy atom. The smallest absolute Gasteiger partial charge is 0.329 e. The number of nitrogens with zero attached hydrogens (tertiary/aromatic N) is 1. The van der Waals surface area contributed by atoms with E-state index in [4.69, 9.17) is 5.73 Å². The van der Waals surface area contributed by atoms with E-state index in [1.807, 2.05) is 0 Å². The monoisotopic (exact) mass is 292 g/mol. The summed E-state index contributed by atoms with van der Waals surface area (Å²) in [5.41, 5.74) is 5.53. The third kappa shape index (κ3) is 3.30. The quantitative estimate of drug-likeness (QED) is 0.862. The molecular weight excluding hydrogens is 265 g/mol. The molecule has 0 spiro atoms. The molecule has 0 aromatic rings. The maximum Gasteiger partial charge on any atom is 0.391 e. The van der Waals surface area contributed by atoms with Gasteiger partial charge in [0.15, 0.2) is 0 Å². The summed E-state index contributed by atoms with van der Waals surface area (Å²) in [7, 11) is 0. The van der Waals surface area contributed by atoms with Gasteiger partial charge in [0, 0.05) is 12.1 Å². The number of alkyl halides is 3. The molecule has 118 valence electrons. The standard InChI is InChI=1S/C15H27F3N2/c1-2-12-5-8-20(9-6-12)14(11-19)7-3-4-13(10-14)15(16,17)18/h12-13H,2-11,19H2,1H3. The Balaban J connectivity index is 2.05. The van der Waals surface area contributed by atoms with Crippen LogP contribution < -0.4 is 5.73 Å². The van der Waals surface area contributed by atoms with Gasteiger partial charge in [0.1, 0.15) is 0 Å². The van der Waals surface area contributed by atoms with E-state index in [1.54, 1.807) is 0 Å². The van der Waals surface area contributed by atoms with Crippen molar-refractivity contribution in [2.24, 2.45) is 17.6 Å². The van der Waals surface area contributed by atoms with Crippen LogP contribution in [0.3, 0.4) is 0 Å². The molecule has 0 aromatic heterocycles. The van der Waals surface area contributed by atoms with Gasteiger partial charge in [0.2, 0.25) is 0 Å². The van der Waals surface area contributed by atoms with Crippen LogP contribution >= 0.6 is 0 Å². The van der Waals surface area contributed by atoms with Gasteiger partial charge in [-0.15, -0.1) is 0 Å². The first-order chi connectivity index (χ1) is 9.41. The van der Waals surface area contributed by atoms with Gasteiger partial charge < -0.3 is 5.73 Å². The van der Waals surface area contributed by atoms with Crippen molar-refractivity contribution in [3.05, 3.63) is 0 Å². The summed E-state index contributed by atoms with van der Waals surface area (Å²) in [6, 6.07) is 0. The van der Waals surface area contributed by atoms with Gasteiger partial charge in [-0.3, -0.25) is 4.90 Å². The first-order valence-electron chi connectivity index (χ1n) is 7.93. The van der Waals surface area contributed by atoms with Crippen LogP contribution in [-0.2, 0) is 0 Å². The fourth-order valence-electron chi connectivity index (χ4n) is 4.04.